The molecule has 1 aliphatic heterocycles. The van der Waals surface area contributed by atoms with Crippen LogP contribution in [0, 0.1) is 6.92 Å². The molecule has 4 rings (SSSR count). The van der Waals surface area contributed by atoms with Gasteiger partial charge >= 0.3 is 0 Å². The lowest BCUT2D eigenvalue weighted by atomic mass is 10.2. The van der Waals surface area contributed by atoms with Gasteiger partial charge in [-0.3, -0.25) is 0 Å². The van der Waals surface area contributed by atoms with Gasteiger partial charge in [-0.25, -0.2) is 13.4 Å². The minimum Gasteiger partial charge on any atom is -0.383 e. The van der Waals surface area contributed by atoms with Gasteiger partial charge in [0, 0.05) is 32.1 Å². The molecule has 32 heavy (non-hydrogen) atoms. The first kappa shape index (κ1) is 22.9. The van der Waals surface area contributed by atoms with E-state index >= 15 is 0 Å². The molecular formula is C24H29N3O3S2. The van der Waals surface area contributed by atoms with E-state index in [1.807, 2.05) is 36.4 Å². The highest BCUT2D eigenvalue weighted by Gasteiger charge is 2.25. The molecular weight excluding hydrogens is 442 g/mol. The van der Waals surface area contributed by atoms with E-state index in [4.69, 9.17) is 9.73 Å². The van der Waals surface area contributed by atoms with Gasteiger partial charge in [0.15, 0.2) is 4.80 Å². The van der Waals surface area contributed by atoms with Gasteiger partial charge in [-0.1, -0.05) is 36.2 Å². The van der Waals surface area contributed by atoms with Crippen molar-refractivity contribution in [2.45, 2.75) is 37.6 Å². The Morgan fingerprint density at radius 3 is 2.34 bits per heavy atom. The summed E-state index contributed by atoms with van der Waals surface area (Å²) in [7, 11) is -1.75. The fourth-order valence-electron chi connectivity index (χ4n) is 3.83. The Hall–Kier alpha value is -2.26. The van der Waals surface area contributed by atoms with Gasteiger partial charge in [0.05, 0.1) is 22.9 Å². The summed E-state index contributed by atoms with van der Waals surface area (Å²) in [5, 5.41) is 2.07. The van der Waals surface area contributed by atoms with Crippen molar-refractivity contribution in [1.29, 1.82) is 0 Å². The van der Waals surface area contributed by atoms with Crippen molar-refractivity contribution in [2.24, 2.45) is 4.99 Å². The minimum atomic E-state index is -3.43. The van der Waals surface area contributed by atoms with Crippen LogP contribution in [-0.2, 0) is 21.3 Å². The number of sulfonamides is 1. The molecule has 0 saturated carbocycles. The van der Waals surface area contributed by atoms with Crippen molar-refractivity contribution >= 4 is 27.0 Å². The number of aryl methyl sites for hydroxylation is 1. The van der Waals surface area contributed by atoms with Gasteiger partial charge in [0.1, 0.15) is 0 Å². The van der Waals surface area contributed by atoms with Crippen LogP contribution in [0.25, 0.3) is 11.3 Å². The zero-order valence-electron chi connectivity index (χ0n) is 18.5. The second-order valence-corrected chi connectivity index (χ2v) is 10.8. The Morgan fingerprint density at radius 1 is 1.00 bits per heavy atom. The first-order valence-electron chi connectivity index (χ1n) is 10.9. The summed E-state index contributed by atoms with van der Waals surface area (Å²) >= 11 is 1.57. The Balaban J connectivity index is 1.67. The summed E-state index contributed by atoms with van der Waals surface area (Å²) in [6.45, 7) is 4.49. The molecule has 2 heterocycles. The molecule has 0 unspecified atom stereocenters. The predicted molar refractivity (Wildman–Crippen MR) is 129 cm³/mol. The molecule has 0 aliphatic carbocycles. The van der Waals surface area contributed by atoms with Crippen LogP contribution in [0.15, 0.2) is 63.8 Å². The molecule has 3 aromatic rings. The molecule has 1 saturated heterocycles. The first-order valence-corrected chi connectivity index (χ1v) is 13.2. The van der Waals surface area contributed by atoms with Crippen molar-refractivity contribution < 1.29 is 13.2 Å². The number of hydrogen-bond acceptors (Lipinski definition) is 5. The number of aromatic nitrogens is 1. The second kappa shape index (κ2) is 10.1. The van der Waals surface area contributed by atoms with E-state index < -0.39 is 10.0 Å². The van der Waals surface area contributed by atoms with Gasteiger partial charge < -0.3 is 9.30 Å². The molecule has 8 heteroatoms. The van der Waals surface area contributed by atoms with Crippen LogP contribution in [0.3, 0.4) is 0 Å². The van der Waals surface area contributed by atoms with Crippen molar-refractivity contribution in [2.75, 3.05) is 26.8 Å². The van der Waals surface area contributed by atoms with E-state index in [0.717, 1.165) is 41.0 Å². The van der Waals surface area contributed by atoms with Gasteiger partial charge in [-0.15, -0.1) is 11.3 Å². The number of benzene rings is 2. The monoisotopic (exact) mass is 471 g/mol. The van der Waals surface area contributed by atoms with Crippen LogP contribution in [0.2, 0.25) is 0 Å². The maximum absolute atomic E-state index is 13.0. The van der Waals surface area contributed by atoms with Crippen molar-refractivity contribution in [3.05, 3.63) is 64.3 Å². The normalized spacial score (nSPS) is 15.9. The molecule has 2 aromatic carbocycles. The maximum Gasteiger partial charge on any atom is 0.243 e. The molecule has 0 amide bonds. The van der Waals surface area contributed by atoms with Crippen LogP contribution >= 0.6 is 11.3 Å². The number of piperidine rings is 1. The Kier molecular flexibility index (Phi) is 7.25. The average Bonchev–Trinajstić information content (AvgIpc) is 3.22. The van der Waals surface area contributed by atoms with Crippen LogP contribution in [0.1, 0.15) is 24.8 Å². The van der Waals surface area contributed by atoms with Crippen LogP contribution < -0.4 is 4.80 Å². The quantitative estimate of drug-likeness (QED) is 0.507. The van der Waals surface area contributed by atoms with E-state index in [-0.39, 0.29) is 0 Å². The van der Waals surface area contributed by atoms with Gasteiger partial charge in [0.2, 0.25) is 10.0 Å². The highest BCUT2D eigenvalue weighted by atomic mass is 32.2. The number of hydrogen-bond donors (Lipinski definition) is 0. The van der Waals surface area contributed by atoms with E-state index in [1.165, 1.54) is 5.56 Å². The summed E-state index contributed by atoms with van der Waals surface area (Å²) in [6, 6.07) is 15.3. The van der Waals surface area contributed by atoms with Gasteiger partial charge in [-0.2, -0.15) is 4.31 Å². The predicted octanol–water partition coefficient (Wildman–Crippen LogP) is 4.58. The van der Waals surface area contributed by atoms with E-state index in [1.54, 1.807) is 34.9 Å². The highest BCUT2D eigenvalue weighted by molar-refractivity contribution is 7.89. The molecule has 170 valence electrons. The summed E-state index contributed by atoms with van der Waals surface area (Å²) in [5.41, 5.74) is 4.06. The first-order chi connectivity index (χ1) is 15.5. The summed E-state index contributed by atoms with van der Waals surface area (Å²) in [4.78, 5) is 6.06. The number of thiazole rings is 1. The van der Waals surface area contributed by atoms with Crippen LogP contribution in [0.5, 0.6) is 0 Å². The lowest BCUT2D eigenvalue weighted by Gasteiger charge is -2.25. The van der Waals surface area contributed by atoms with E-state index in [9.17, 15) is 8.42 Å². The van der Waals surface area contributed by atoms with Crippen LogP contribution in [0.4, 0.5) is 5.69 Å². The van der Waals surface area contributed by atoms with E-state index in [2.05, 4.69) is 16.9 Å². The summed E-state index contributed by atoms with van der Waals surface area (Å²) < 4.78 is 35.0. The minimum absolute atomic E-state index is 0.353. The Labute approximate surface area is 193 Å². The fourth-order valence-corrected chi connectivity index (χ4v) is 6.30. The maximum atomic E-state index is 13.0. The molecule has 1 aromatic heterocycles. The molecule has 6 nitrogen and oxygen atoms in total. The van der Waals surface area contributed by atoms with Crippen molar-refractivity contribution in [3.8, 4) is 11.3 Å². The SMILES string of the molecule is COCCn1c(-c2ccc(S(=O)(=O)N3CCCCC3)cc2)csc1=Nc1ccc(C)cc1. The Morgan fingerprint density at radius 2 is 1.69 bits per heavy atom. The zero-order chi connectivity index (χ0) is 22.6. The number of methoxy groups -OCH3 is 1. The Bertz CT molecular complexity index is 1200. The largest absolute Gasteiger partial charge is 0.383 e. The smallest absolute Gasteiger partial charge is 0.243 e. The van der Waals surface area contributed by atoms with Crippen molar-refractivity contribution in [3.63, 3.8) is 0 Å². The molecule has 0 N–H and O–H groups in total. The second-order valence-electron chi connectivity index (χ2n) is 7.98. The van der Waals surface area contributed by atoms with E-state index in [0.29, 0.717) is 31.1 Å². The molecule has 1 fully saturated rings. The average molecular weight is 472 g/mol. The lowest BCUT2D eigenvalue weighted by molar-refractivity contribution is 0.187. The fraction of sp³-hybridized carbons (Fsp3) is 0.375. The molecule has 1 aliphatic rings. The highest BCUT2D eigenvalue weighted by Crippen LogP contribution is 2.25. The summed E-state index contributed by atoms with van der Waals surface area (Å²) in [6.07, 6.45) is 2.96. The van der Waals surface area contributed by atoms with Gasteiger partial charge in [-0.05, 0) is 49.6 Å². The lowest BCUT2D eigenvalue weighted by Crippen LogP contribution is -2.35. The van der Waals surface area contributed by atoms with Gasteiger partial charge in [0.25, 0.3) is 0 Å². The topological polar surface area (TPSA) is 63.9 Å². The van der Waals surface area contributed by atoms with Crippen LogP contribution in [-0.4, -0.2) is 44.1 Å². The third kappa shape index (κ3) is 5.04. The number of rotatable bonds is 7. The molecule has 0 atom stereocenters. The third-order valence-electron chi connectivity index (χ3n) is 5.68. The third-order valence-corrected chi connectivity index (χ3v) is 8.45. The zero-order valence-corrected chi connectivity index (χ0v) is 20.2. The number of nitrogens with zero attached hydrogens (tertiary/aromatic N) is 3. The number of ether oxygens (including phenoxy) is 1. The molecule has 0 radical (unpaired) electrons. The standard InChI is InChI=1S/C24H29N3O3S2/c1-19-6-10-21(11-7-19)25-24-27(16-17-30-2)23(18-31-24)20-8-12-22(13-9-20)32(28,29)26-14-4-3-5-15-26/h6-13,18H,3-5,14-17H2,1-2H3. The molecule has 0 spiro atoms. The van der Waals surface area contributed by atoms with Crippen molar-refractivity contribution in [1.82, 2.24) is 8.87 Å². The summed E-state index contributed by atoms with van der Waals surface area (Å²) in [5.74, 6) is 0. The molecule has 0 bridgehead atoms.